The number of ether oxygens (including phenoxy) is 1. The fraction of sp³-hybridized carbons (Fsp3) is 0.588. The summed E-state index contributed by atoms with van der Waals surface area (Å²) in [6, 6.07) is 7.78. The first-order valence-corrected chi connectivity index (χ1v) is 7.86. The van der Waals surface area contributed by atoms with Crippen LogP contribution >= 0.6 is 0 Å². The largest absolute Gasteiger partial charge is 0.480 e. The Hall–Kier alpha value is -1.55. The van der Waals surface area contributed by atoms with Gasteiger partial charge in [-0.3, -0.25) is 4.79 Å². The Morgan fingerprint density at radius 2 is 2.05 bits per heavy atom. The van der Waals surface area contributed by atoms with Gasteiger partial charge < -0.3 is 15.2 Å². The molecule has 114 valence electrons. The number of carbonyl (C=O) groups is 1. The molecule has 1 saturated carbocycles. The summed E-state index contributed by atoms with van der Waals surface area (Å²) in [6.45, 7) is 0.706. The summed E-state index contributed by atoms with van der Waals surface area (Å²) in [7, 11) is 0. The molecule has 0 aromatic heterocycles. The normalized spacial score (nSPS) is 23.2. The number of aliphatic hydroxyl groups is 1. The fourth-order valence-electron chi connectivity index (χ4n) is 3.41. The second kappa shape index (κ2) is 6.06. The van der Waals surface area contributed by atoms with Crippen molar-refractivity contribution >= 4 is 5.91 Å². The molecule has 4 nitrogen and oxygen atoms in total. The van der Waals surface area contributed by atoms with E-state index >= 15 is 0 Å². The Labute approximate surface area is 125 Å². The summed E-state index contributed by atoms with van der Waals surface area (Å²) in [5, 5.41) is 12.7. The summed E-state index contributed by atoms with van der Waals surface area (Å²) in [5.74, 6) is 0.747. The molecule has 4 heteroatoms. The third-order valence-corrected chi connectivity index (χ3v) is 4.83. The van der Waals surface area contributed by atoms with Crippen LogP contribution in [0.3, 0.4) is 0 Å². The van der Waals surface area contributed by atoms with Gasteiger partial charge in [0.05, 0.1) is 6.61 Å². The lowest BCUT2D eigenvalue weighted by molar-refractivity contribution is -0.128. The molecule has 0 bridgehead atoms. The first kappa shape index (κ1) is 14.4. The number of amides is 1. The second-order valence-electron chi connectivity index (χ2n) is 6.35. The van der Waals surface area contributed by atoms with E-state index < -0.39 is 6.10 Å². The van der Waals surface area contributed by atoms with Crippen LogP contribution in [0.25, 0.3) is 0 Å². The third-order valence-electron chi connectivity index (χ3n) is 4.83. The molecule has 0 radical (unpaired) electrons. The highest BCUT2D eigenvalue weighted by molar-refractivity contribution is 5.82. The van der Waals surface area contributed by atoms with Crippen LogP contribution in [0.2, 0.25) is 0 Å². The maximum atomic E-state index is 12.3. The van der Waals surface area contributed by atoms with Crippen LogP contribution in [0.1, 0.15) is 37.7 Å². The van der Waals surface area contributed by atoms with E-state index in [0.29, 0.717) is 13.0 Å². The quantitative estimate of drug-likeness (QED) is 0.892. The number of benzene rings is 1. The summed E-state index contributed by atoms with van der Waals surface area (Å²) in [6.07, 6.45) is 5.71. The SMILES string of the molecule is O=C(NCC1(CO)CCCCC1)C1Cc2ccccc2O1. The van der Waals surface area contributed by atoms with Crippen LogP contribution in [0.5, 0.6) is 5.75 Å². The summed E-state index contributed by atoms with van der Waals surface area (Å²) in [4.78, 5) is 12.3. The van der Waals surface area contributed by atoms with Gasteiger partial charge in [-0.1, -0.05) is 37.5 Å². The van der Waals surface area contributed by atoms with Crippen molar-refractivity contribution in [2.24, 2.45) is 5.41 Å². The summed E-state index contributed by atoms with van der Waals surface area (Å²) >= 11 is 0. The number of rotatable bonds is 4. The molecular weight excluding hydrogens is 266 g/mol. The van der Waals surface area contributed by atoms with Crippen molar-refractivity contribution in [2.45, 2.75) is 44.6 Å². The van der Waals surface area contributed by atoms with Gasteiger partial charge >= 0.3 is 0 Å². The van der Waals surface area contributed by atoms with Crippen molar-refractivity contribution in [1.29, 1.82) is 0 Å². The standard InChI is InChI=1S/C17H23NO3/c19-12-17(8-4-1-5-9-17)11-18-16(20)15-10-13-6-2-3-7-14(13)21-15/h2-3,6-7,15,19H,1,4-5,8-12H2,(H,18,20). The number of hydrogen-bond acceptors (Lipinski definition) is 3. The molecule has 1 fully saturated rings. The van der Waals surface area contributed by atoms with E-state index in [1.165, 1.54) is 6.42 Å². The van der Waals surface area contributed by atoms with Gasteiger partial charge in [-0.25, -0.2) is 0 Å². The van der Waals surface area contributed by atoms with Gasteiger partial charge in [0.25, 0.3) is 5.91 Å². The van der Waals surface area contributed by atoms with Gasteiger partial charge in [-0.15, -0.1) is 0 Å². The zero-order chi connectivity index (χ0) is 14.7. The van der Waals surface area contributed by atoms with Crippen LogP contribution < -0.4 is 10.1 Å². The molecule has 0 saturated heterocycles. The van der Waals surface area contributed by atoms with Crippen LogP contribution in [0, 0.1) is 5.41 Å². The van der Waals surface area contributed by atoms with Gasteiger partial charge in [-0.2, -0.15) is 0 Å². The maximum absolute atomic E-state index is 12.3. The number of aliphatic hydroxyl groups excluding tert-OH is 1. The number of hydrogen-bond donors (Lipinski definition) is 2. The monoisotopic (exact) mass is 289 g/mol. The van der Waals surface area contributed by atoms with E-state index in [9.17, 15) is 9.90 Å². The van der Waals surface area contributed by atoms with Gasteiger partial charge in [0, 0.05) is 18.4 Å². The topological polar surface area (TPSA) is 58.6 Å². The number of carbonyl (C=O) groups excluding carboxylic acids is 1. The van der Waals surface area contributed by atoms with E-state index in [1.807, 2.05) is 24.3 Å². The number of fused-ring (bicyclic) bond motifs is 1. The first-order chi connectivity index (χ1) is 10.2. The Morgan fingerprint density at radius 1 is 1.29 bits per heavy atom. The van der Waals surface area contributed by atoms with Crippen molar-refractivity contribution in [3.05, 3.63) is 29.8 Å². The van der Waals surface area contributed by atoms with Crippen LogP contribution in [0.4, 0.5) is 0 Å². The van der Waals surface area contributed by atoms with E-state index in [2.05, 4.69) is 5.32 Å². The molecule has 1 heterocycles. The fourth-order valence-corrected chi connectivity index (χ4v) is 3.41. The number of para-hydroxylation sites is 1. The highest BCUT2D eigenvalue weighted by Gasteiger charge is 2.34. The summed E-state index contributed by atoms with van der Waals surface area (Å²) in [5.41, 5.74) is 0.964. The van der Waals surface area contributed by atoms with Crippen LogP contribution in [-0.4, -0.2) is 30.3 Å². The molecule has 3 rings (SSSR count). The van der Waals surface area contributed by atoms with E-state index in [4.69, 9.17) is 4.74 Å². The van der Waals surface area contributed by atoms with Gasteiger partial charge in [0.15, 0.2) is 6.10 Å². The van der Waals surface area contributed by atoms with Crippen molar-refractivity contribution in [1.82, 2.24) is 5.32 Å². The molecule has 1 atom stereocenters. The minimum atomic E-state index is -0.429. The number of nitrogens with one attached hydrogen (secondary N) is 1. The van der Waals surface area contributed by atoms with E-state index in [-0.39, 0.29) is 17.9 Å². The Bertz CT molecular complexity index is 484. The lowest BCUT2D eigenvalue weighted by atomic mass is 9.74. The summed E-state index contributed by atoms with van der Waals surface area (Å²) < 4.78 is 5.70. The predicted molar refractivity (Wildman–Crippen MR) is 80.2 cm³/mol. The van der Waals surface area contributed by atoms with Crippen molar-refractivity contribution in [3.8, 4) is 5.75 Å². The lowest BCUT2D eigenvalue weighted by Gasteiger charge is -2.35. The average molecular weight is 289 g/mol. The lowest BCUT2D eigenvalue weighted by Crippen LogP contribution is -2.45. The molecular formula is C17H23NO3. The molecule has 1 amide bonds. The molecule has 1 aliphatic heterocycles. The van der Waals surface area contributed by atoms with Crippen molar-refractivity contribution in [2.75, 3.05) is 13.2 Å². The first-order valence-electron chi connectivity index (χ1n) is 7.86. The minimum Gasteiger partial charge on any atom is -0.480 e. The molecule has 2 N–H and O–H groups in total. The Balaban J connectivity index is 1.55. The zero-order valence-electron chi connectivity index (χ0n) is 12.3. The maximum Gasteiger partial charge on any atom is 0.261 e. The Morgan fingerprint density at radius 3 is 2.76 bits per heavy atom. The molecule has 0 spiro atoms. The van der Waals surface area contributed by atoms with Crippen molar-refractivity contribution in [3.63, 3.8) is 0 Å². The van der Waals surface area contributed by atoms with Gasteiger partial charge in [0.2, 0.25) is 0 Å². The molecule has 1 aliphatic carbocycles. The van der Waals surface area contributed by atoms with E-state index in [1.54, 1.807) is 0 Å². The highest BCUT2D eigenvalue weighted by Crippen LogP contribution is 2.35. The van der Waals surface area contributed by atoms with E-state index in [0.717, 1.165) is 37.0 Å². The van der Waals surface area contributed by atoms with Crippen molar-refractivity contribution < 1.29 is 14.6 Å². The minimum absolute atomic E-state index is 0.0652. The molecule has 1 aromatic rings. The van der Waals surface area contributed by atoms with Crippen LogP contribution in [0.15, 0.2) is 24.3 Å². The van der Waals surface area contributed by atoms with Gasteiger partial charge in [0.1, 0.15) is 5.75 Å². The van der Waals surface area contributed by atoms with Gasteiger partial charge in [-0.05, 0) is 24.5 Å². The average Bonchev–Trinajstić information content (AvgIpc) is 2.97. The van der Waals surface area contributed by atoms with Crippen LogP contribution in [-0.2, 0) is 11.2 Å². The smallest absolute Gasteiger partial charge is 0.261 e. The second-order valence-corrected chi connectivity index (χ2v) is 6.35. The molecule has 1 unspecified atom stereocenters. The highest BCUT2D eigenvalue weighted by atomic mass is 16.5. The zero-order valence-corrected chi connectivity index (χ0v) is 12.3. The predicted octanol–water partition coefficient (Wildman–Crippen LogP) is 2.05. The third kappa shape index (κ3) is 3.05. The molecule has 21 heavy (non-hydrogen) atoms. The molecule has 1 aromatic carbocycles. The Kier molecular flexibility index (Phi) is 4.15. The molecule has 2 aliphatic rings.